The van der Waals surface area contributed by atoms with Gasteiger partial charge in [-0.3, -0.25) is 5.43 Å². The molecule has 0 atom stereocenters. The Balaban J connectivity index is 1.76. The minimum Gasteiger partial charge on any atom is -0.550 e. The topological polar surface area (TPSA) is 86.6 Å². The number of hydrazone groups is 1. The molecule has 0 spiro atoms. The molecular weight excluding hydrogens is 362 g/mol. The fourth-order valence-corrected chi connectivity index (χ4v) is 3.22. The van der Waals surface area contributed by atoms with Crippen molar-refractivity contribution < 1.29 is 14.6 Å². The second-order valence-electron chi connectivity index (χ2n) is 5.79. The van der Waals surface area contributed by atoms with Crippen LogP contribution in [0.15, 0.2) is 59.0 Å². The molecule has 0 bridgehead atoms. The van der Waals surface area contributed by atoms with E-state index < -0.39 is 5.97 Å². The second-order valence-corrected chi connectivity index (χ2v) is 6.65. The lowest BCUT2D eigenvalue weighted by Gasteiger charge is -2.11. The Labute approximate surface area is 161 Å². The lowest BCUT2D eigenvalue weighted by atomic mass is 10.0. The lowest BCUT2D eigenvalue weighted by Crippen LogP contribution is -2.24. The van der Waals surface area contributed by atoms with Crippen LogP contribution in [-0.4, -0.2) is 23.8 Å². The van der Waals surface area contributed by atoms with Crippen LogP contribution in [0.25, 0.3) is 11.3 Å². The summed E-state index contributed by atoms with van der Waals surface area (Å²) in [6.07, 6.45) is -0.218. The highest BCUT2D eigenvalue weighted by atomic mass is 32.1. The van der Waals surface area contributed by atoms with Gasteiger partial charge in [0.1, 0.15) is 5.75 Å². The molecule has 27 heavy (non-hydrogen) atoms. The number of carboxylic acid groups (broad SMARTS) is 1. The van der Waals surface area contributed by atoms with Gasteiger partial charge in [-0.05, 0) is 30.7 Å². The van der Waals surface area contributed by atoms with Gasteiger partial charge in [0.25, 0.3) is 0 Å². The number of anilines is 1. The first kappa shape index (κ1) is 18.6. The Morgan fingerprint density at radius 1 is 1.26 bits per heavy atom. The minimum absolute atomic E-state index is 0.218. The van der Waals surface area contributed by atoms with Crippen molar-refractivity contribution in [2.24, 2.45) is 5.10 Å². The van der Waals surface area contributed by atoms with E-state index in [1.807, 2.05) is 48.7 Å². The number of methoxy groups -OCH3 is 1. The SMILES string of the molecule is COc1ccc(/C(C)=N\Nc2nc(-c3ccccc3)cs2)cc1CC(=O)[O-]. The molecule has 0 radical (unpaired) electrons. The first-order chi connectivity index (χ1) is 13.1. The number of hydrogen-bond acceptors (Lipinski definition) is 7. The van der Waals surface area contributed by atoms with E-state index in [0.717, 1.165) is 16.8 Å². The van der Waals surface area contributed by atoms with Gasteiger partial charge in [0, 0.05) is 28.9 Å². The average molecular weight is 380 g/mol. The van der Waals surface area contributed by atoms with Crippen molar-refractivity contribution in [1.29, 1.82) is 0 Å². The van der Waals surface area contributed by atoms with Crippen molar-refractivity contribution in [2.45, 2.75) is 13.3 Å². The molecule has 2 aromatic carbocycles. The fraction of sp³-hybridized carbons (Fsp3) is 0.150. The highest BCUT2D eigenvalue weighted by Gasteiger charge is 2.08. The Morgan fingerprint density at radius 2 is 2.04 bits per heavy atom. The van der Waals surface area contributed by atoms with Gasteiger partial charge in [-0.15, -0.1) is 11.3 Å². The van der Waals surface area contributed by atoms with Crippen LogP contribution in [0.2, 0.25) is 0 Å². The largest absolute Gasteiger partial charge is 0.550 e. The number of aromatic nitrogens is 1. The van der Waals surface area contributed by atoms with E-state index in [1.54, 1.807) is 12.1 Å². The molecule has 1 heterocycles. The molecule has 1 N–H and O–H groups in total. The van der Waals surface area contributed by atoms with Crippen LogP contribution < -0.4 is 15.3 Å². The summed E-state index contributed by atoms with van der Waals surface area (Å²) in [7, 11) is 1.50. The highest BCUT2D eigenvalue weighted by Crippen LogP contribution is 2.25. The van der Waals surface area contributed by atoms with E-state index in [0.29, 0.717) is 22.2 Å². The van der Waals surface area contributed by atoms with E-state index in [2.05, 4.69) is 15.5 Å². The quantitative estimate of drug-likeness (QED) is 0.503. The summed E-state index contributed by atoms with van der Waals surface area (Å²) >= 11 is 1.46. The normalized spacial score (nSPS) is 11.3. The molecule has 0 unspecified atom stereocenters. The predicted molar refractivity (Wildman–Crippen MR) is 105 cm³/mol. The Hall–Kier alpha value is -3.19. The number of thiazole rings is 1. The molecule has 0 aliphatic rings. The van der Waals surface area contributed by atoms with Crippen LogP contribution in [0.5, 0.6) is 5.75 Å². The molecule has 0 aliphatic carbocycles. The average Bonchev–Trinajstić information content (AvgIpc) is 3.15. The van der Waals surface area contributed by atoms with Crippen LogP contribution in [0.3, 0.4) is 0 Å². The summed E-state index contributed by atoms with van der Waals surface area (Å²) in [6, 6.07) is 15.2. The minimum atomic E-state index is -1.16. The maximum Gasteiger partial charge on any atom is 0.203 e. The van der Waals surface area contributed by atoms with Gasteiger partial charge in [-0.2, -0.15) is 5.10 Å². The number of ether oxygens (including phenoxy) is 1. The summed E-state index contributed by atoms with van der Waals surface area (Å²) in [5, 5.41) is 17.9. The third kappa shape index (κ3) is 4.71. The molecule has 0 saturated heterocycles. The van der Waals surface area contributed by atoms with Gasteiger partial charge in [-0.25, -0.2) is 4.98 Å². The third-order valence-corrected chi connectivity index (χ3v) is 4.67. The number of carboxylic acids is 1. The van der Waals surface area contributed by atoms with Crippen molar-refractivity contribution in [1.82, 2.24) is 4.98 Å². The van der Waals surface area contributed by atoms with Crippen molar-refractivity contribution in [3.8, 4) is 17.0 Å². The highest BCUT2D eigenvalue weighted by molar-refractivity contribution is 7.14. The smallest absolute Gasteiger partial charge is 0.203 e. The Kier molecular flexibility index (Phi) is 5.83. The van der Waals surface area contributed by atoms with Crippen molar-refractivity contribution in [2.75, 3.05) is 12.5 Å². The summed E-state index contributed by atoms with van der Waals surface area (Å²) in [6.45, 7) is 1.84. The molecule has 138 valence electrons. The summed E-state index contributed by atoms with van der Waals surface area (Å²) < 4.78 is 5.20. The summed E-state index contributed by atoms with van der Waals surface area (Å²) in [4.78, 5) is 15.5. The summed E-state index contributed by atoms with van der Waals surface area (Å²) in [5.41, 5.74) is 6.93. The maximum atomic E-state index is 10.9. The zero-order chi connectivity index (χ0) is 19.2. The number of carbonyl (C=O) groups excluding carboxylic acids is 1. The van der Waals surface area contributed by atoms with Crippen LogP contribution in [-0.2, 0) is 11.2 Å². The van der Waals surface area contributed by atoms with Crippen molar-refractivity contribution in [3.05, 3.63) is 65.0 Å². The zero-order valence-electron chi connectivity index (χ0n) is 14.9. The van der Waals surface area contributed by atoms with Crippen LogP contribution in [0.4, 0.5) is 5.13 Å². The fourth-order valence-electron chi connectivity index (χ4n) is 2.56. The molecule has 7 heteroatoms. The van der Waals surface area contributed by atoms with E-state index >= 15 is 0 Å². The Bertz CT molecular complexity index is 968. The monoisotopic (exact) mass is 380 g/mol. The van der Waals surface area contributed by atoms with E-state index in [4.69, 9.17) is 4.74 Å². The molecule has 0 aliphatic heterocycles. The van der Waals surface area contributed by atoms with E-state index in [9.17, 15) is 9.90 Å². The lowest BCUT2D eigenvalue weighted by molar-refractivity contribution is -0.304. The molecule has 3 rings (SSSR count). The number of rotatable bonds is 7. The number of nitrogens with one attached hydrogen (secondary N) is 1. The molecule has 3 aromatic rings. The van der Waals surface area contributed by atoms with Crippen molar-refractivity contribution >= 4 is 28.1 Å². The van der Waals surface area contributed by atoms with Crippen LogP contribution >= 0.6 is 11.3 Å². The molecule has 1 aromatic heterocycles. The van der Waals surface area contributed by atoms with Crippen LogP contribution in [0, 0.1) is 0 Å². The van der Waals surface area contributed by atoms with Gasteiger partial charge < -0.3 is 14.6 Å². The van der Waals surface area contributed by atoms with Gasteiger partial charge in [0.05, 0.1) is 18.5 Å². The van der Waals surface area contributed by atoms with Crippen molar-refractivity contribution in [3.63, 3.8) is 0 Å². The predicted octanol–water partition coefficient (Wildman–Crippen LogP) is 2.95. The first-order valence-electron chi connectivity index (χ1n) is 8.25. The van der Waals surface area contributed by atoms with Gasteiger partial charge >= 0.3 is 0 Å². The molecular formula is C20H18N3O3S-. The first-order valence-corrected chi connectivity index (χ1v) is 9.13. The molecule has 0 saturated carbocycles. The number of aliphatic carboxylic acids is 1. The van der Waals surface area contributed by atoms with Gasteiger partial charge in [0.15, 0.2) is 0 Å². The second kappa shape index (κ2) is 8.46. The van der Waals surface area contributed by atoms with Gasteiger partial charge in [-0.1, -0.05) is 30.3 Å². The number of nitrogens with zero attached hydrogens (tertiary/aromatic N) is 2. The van der Waals surface area contributed by atoms with E-state index in [-0.39, 0.29) is 6.42 Å². The maximum absolute atomic E-state index is 10.9. The number of hydrogen-bond donors (Lipinski definition) is 1. The van der Waals surface area contributed by atoms with Crippen LogP contribution in [0.1, 0.15) is 18.1 Å². The number of benzene rings is 2. The zero-order valence-corrected chi connectivity index (χ0v) is 15.7. The molecule has 0 amide bonds. The standard InChI is InChI=1S/C20H19N3O3S/c1-13(15-8-9-18(26-2)16(10-15)11-19(24)25)22-23-20-21-17(12-27-20)14-6-4-3-5-7-14/h3-10,12H,11H2,1-2H3,(H,21,23)(H,24,25)/p-1/b22-13-. The van der Waals surface area contributed by atoms with Gasteiger partial charge in [0.2, 0.25) is 5.13 Å². The third-order valence-electron chi connectivity index (χ3n) is 3.93. The number of carbonyl (C=O) groups is 1. The Morgan fingerprint density at radius 3 is 2.74 bits per heavy atom. The molecule has 6 nitrogen and oxygen atoms in total. The summed E-state index contributed by atoms with van der Waals surface area (Å²) in [5.74, 6) is -0.648. The van der Waals surface area contributed by atoms with E-state index in [1.165, 1.54) is 18.4 Å². The molecule has 0 fully saturated rings.